The van der Waals surface area contributed by atoms with E-state index in [1.165, 1.54) is 6.07 Å². The van der Waals surface area contributed by atoms with E-state index in [4.69, 9.17) is 9.47 Å². The van der Waals surface area contributed by atoms with E-state index in [1.54, 1.807) is 12.1 Å². The summed E-state index contributed by atoms with van der Waals surface area (Å²) in [6.45, 7) is 4.31. The first kappa shape index (κ1) is 22.0. The lowest BCUT2D eigenvalue weighted by molar-refractivity contribution is 0.215. The van der Waals surface area contributed by atoms with Crippen molar-refractivity contribution in [2.75, 3.05) is 30.5 Å². The lowest BCUT2D eigenvalue weighted by atomic mass is 9.98. The van der Waals surface area contributed by atoms with Gasteiger partial charge in [-0.05, 0) is 72.2 Å². The lowest BCUT2D eigenvalue weighted by Crippen LogP contribution is -2.36. The molecule has 0 amide bonds. The van der Waals surface area contributed by atoms with E-state index in [2.05, 4.69) is 21.8 Å². The van der Waals surface area contributed by atoms with E-state index < -0.39 is 11.2 Å². The summed E-state index contributed by atoms with van der Waals surface area (Å²) in [4.78, 5) is 11.8. The first-order chi connectivity index (χ1) is 16.1. The highest BCUT2D eigenvalue weighted by Crippen LogP contribution is 2.36. The molecule has 33 heavy (non-hydrogen) atoms. The van der Waals surface area contributed by atoms with Crippen LogP contribution in [0.5, 0.6) is 11.5 Å². The van der Waals surface area contributed by atoms with E-state index in [1.807, 2.05) is 30.6 Å². The Morgan fingerprint density at radius 2 is 1.85 bits per heavy atom. The second kappa shape index (κ2) is 9.57. The lowest BCUT2D eigenvalue weighted by Gasteiger charge is -2.31. The second-order valence-corrected chi connectivity index (χ2v) is 9.77. The van der Waals surface area contributed by atoms with Gasteiger partial charge in [-0.2, -0.15) is 0 Å². The van der Waals surface area contributed by atoms with Gasteiger partial charge in [0.05, 0.1) is 6.61 Å². The van der Waals surface area contributed by atoms with Crippen molar-refractivity contribution in [3.8, 4) is 22.6 Å². The molecule has 1 saturated heterocycles. The highest BCUT2D eigenvalue weighted by molar-refractivity contribution is 7.91. The van der Waals surface area contributed by atoms with Crippen LogP contribution in [-0.2, 0) is 17.6 Å². The molecule has 0 bridgehead atoms. The fraction of sp³-hybridized carbons (Fsp3) is 0.360. The van der Waals surface area contributed by atoms with Crippen LogP contribution in [0.2, 0.25) is 0 Å². The largest absolute Gasteiger partial charge is 0.609 e. The molecule has 2 aliphatic rings. The molecule has 2 aliphatic heterocycles. The Morgan fingerprint density at radius 3 is 2.58 bits per heavy atom. The number of hydrogen-bond donors (Lipinski definition) is 0. The molecule has 0 saturated carbocycles. The first-order valence-electron chi connectivity index (χ1n) is 11.2. The van der Waals surface area contributed by atoms with Gasteiger partial charge in [0.25, 0.3) is 5.94 Å². The minimum atomic E-state index is -1.12. The van der Waals surface area contributed by atoms with Gasteiger partial charge in [-0.15, -0.1) is 0 Å². The van der Waals surface area contributed by atoms with Gasteiger partial charge in [0, 0.05) is 36.7 Å². The summed E-state index contributed by atoms with van der Waals surface area (Å²) in [5, 5.41) is 0. The van der Waals surface area contributed by atoms with Crippen molar-refractivity contribution >= 4 is 17.1 Å². The van der Waals surface area contributed by atoms with Crippen molar-refractivity contribution in [2.24, 2.45) is 5.92 Å². The van der Waals surface area contributed by atoms with Crippen LogP contribution in [0.25, 0.3) is 11.1 Å². The summed E-state index contributed by atoms with van der Waals surface area (Å²) in [6, 6.07) is 10.4. The normalized spacial score (nSPS) is 18.2. The van der Waals surface area contributed by atoms with Gasteiger partial charge in [-0.3, -0.25) is 0 Å². The summed E-state index contributed by atoms with van der Waals surface area (Å²) < 4.78 is 37.9. The summed E-state index contributed by atoms with van der Waals surface area (Å²) in [5.41, 5.74) is 2.68. The zero-order valence-corrected chi connectivity index (χ0v) is 19.3. The molecule has 0 aliphatic carbocycles. The van der Waals surface area contributed by atoms with Gasteiger partial charge in [-0.25, -0.2) is 14.4 Å². The maximum Gasteiger partial charge on any atom is 0.250 e. The predicted octanol–water partition coefficient (Wildman–Crippen LogP) is 4.60. The number of benzene rings is 2. The number of halogens is 1. The van der Waals surface area contributed by atoms with E-state index in [9.17, 15) is 8.94 Å². The Balaban J connectivity index is 1.16. The zero-order chi connectivity index (χ0) is 22.8. The van der Waals surface area contributed by atoms with E-state index >= 15 is 0 Å². The van der Waals surface area contributed by atoms with Crippen LogP contribution >= 0.6 is 0 Å². The Kier molecular flexibility index (Phi) is 6.37. The molecule has 0 radical (unpaired) electrons. The van der Waals surface area contributed by atoms with Crippen LogP contribution in [0.3, 0.4) is 0 Å². The third-order valence-corrected chi connectivity index (χ3v) is 7.41. The highest BCUT2D eigenvalue weighted by Gasteiger charge is 2.26. The van der Waals surface area contributed by atoms with E-state index in [0.717, 1.165) is 55.0 Å². The number of anilines is 1. The zero-order valence-electron chi connectivity index (χ0n) is 18.5. The monoisotopic (exact) mass is 467 g/mol. The van der Waals surface area contributed by atoms with Crippen LogP contribution in [0, 0.1) is 11.7 Å². The molecule has 6 nitrogen and oxygen atoms in total. The molecule has 0 unspecified atom stereocenters. The summed E-state index contributed by atoms with van der Waals surface area (Å²) >= 11 is -1.12. The SMILES string of the molecule is CCc1cnc(N2CCC(COc3ccc(-c4ccc5c(c4)OC[S@@+]5[O-])cc3F)CC2)nc1. The minimum absolute atomic E-state index is 0.178. The van der Waals surface area contributed by atoms with Gasteiger partial charge >= 0.3 is 0 Å². The van der Waals surface area contributed by atoms with Crippen LogP contribution in [0.1, 0.15) is 25.3 Å². The van der Waals surface area contributed by atoms with Crippen LogP contribution < -0.4 is 14.4 Å². The van der Waals surface area contributed by atoms with Crippen LogP contribution in [0.4, 0.5) is 10.3 Å². The van der Waals surface area contributed by atoms with E-state index in [0.29, 0.717) is 23.2 Å². The predicted molar refractivity (Wildman–Crippen MR) is 126 cm³/mol. The van der Waals surface area contributed by atoms with Crippen molar-refractivity contribution < 1.29 is 18.4 Å². The number of hydrogen-bond acceptors (Lipinski definition) is 6. The highest BCUT2D eigenvalue weighted by atomic mass is 32.2. The standard InChI is InChI=1S/C25H26FN3O3S/c1-2-17-13-27-25(28-14-17)29-9-7-18(8-10-29)15-31-22-5-3-19(11-21(22)26)20-4-6-24-23(12-20)32-16-33(24)30/h3-6,11-14,18H,2,7-10,15-16H2,1H3/t33-/m1/s1. The Bertz CT molecular complexity index is 1120. The molecule has 0 N–H and O–H groups in total. The van der Waals surface area contributed by atoms with Gasteiger partial charge in [-0.1, -0.05) is 13.0 Å². The Labute approximate surface area is 196 Å². The van der Waals surface area contributed by atoms with Gasteiger partial charge in [0.1, 0.15) is 0 Å². The third-order valence-electron chi connectivity index (χ3n) is 6.25. The van der Waals surface area contributed by atoms with Crippen molar-refractivity contribution in [2.45, 2.75) is 31.1 Å². The molecule has 5 rings (SSSR count). The third kappa shape index (κ3) is 4.77. The van der Waals surface area contributed by atoms with E-state index in [-0.39, 0.29) is 17.5 Å². The molecular formula is C25H26FN3O3S. The summed E-state index contributed by atoms with van der Waals surface area (Å²) in [6.07, 6.45) is 6.62. The van der Waals surface area contributed by atoms with Crippen molar-refractivity contribution in [3.63, 3.8) is 0 Å². The van der Waals surface area contributed by atoms with Gasteiger partial charge < -0.3 is 18.9 Å². The molecule has 1 atom stereocenters. The summed E-state index contributed by atoms with van der Waals surface area (Å²) in [5.74, 6) is 1.79. The maximum atomic E-state index is 14.7. The summed E-state index contributed by atoms with van der Waals surface area (Å²) in [7, 11) is 0. The quantitative estimate of drug-likeness (QED) is 0.494. The fourth-order valence-corrected chi connectivity index (χ4v) is 5.09. The number of aryl methyl sites for hydroxylation is 1. The number of nitrogens with zero attached hydrogens (tertiary/aromatic N) is 3. The molecule has 2 aromatic carbocycles. The van der Waals surface area contributed by atoms with Crippen molar-refractivity contribution in [1.82, 2.24) is 9.97 Å². The molecule has 1 fully saturated rings. The number of ether oxygens (including phenoxy) is 2. The number of piperidine rings is 1. The molecule has 3 heterocycles. The molecule has 172 valence electrons. The molecule has 0 spiro atoms. The van der Waals surface area contributed by atoms with Crippen molar-refractivity contribution in [1.29, 1.82) is 0 Å². The Hall–Kier alpha value is -2.84. The van der Waals surface area contributed by atoms with Crippen molar-refractivity contribution in [3.05, 3.63) is 60.2 Å². The molecular weight excluding hydrogens is 441 g/mol. The van der Waals surface area contributed by atoms with Gasteiger partial charge in [0.15, 0.2) is 22.2 Å². The number of fused-ring (bicyclic) bond motifs is 1. The minimum Gasteiger partial charge on any atom is -0.609 e. The average Bonchev–Trinajstić information content (AvgIpc) is 3.23. The maximum absolute atomic E-state index is 14.7. The fourth-order valence-electron chi connectivity index (χ4n) is 4.17. The Morgan fingerprint density at radius 1 is 1.12 bits per heavy atom. The van der Waals surface area contributed by atoms with Crippen LogP contribution in [0.15, 0.2) is 53.7 Å². The second-order valence-electron chi connectivity index (χ2n) is 8.40. The molecule has 8 heteroatoms. The first-order valence-corrected chi connectivity index (χ1v) is 12.6. The molecule has 1 aromatic heterocycles. The van der Waals surface area contributed by atoms with Crippen LogP contribution in [-0.4, -0.2) is 40.2 Å². The average molecular weight is 468 g/mol. The number of rotatable bonds is 6. The van der Waals surface area contributed by atoms with Gasteiger partial charge in [0.2, 0.25) is 5.95 Å². The smallest absolute Gasteiger partial charge is 0.250 e. The number of aromatic nitrogens is 2. The topological polar surface area (TPSA) is 70.5 Å². The molecule has 3 aromatic rings.